The molecule has 0 spiro atoms. The molecule has 1 aliphatic rings. The zero-order valence-electron chi connectivity index (χ0n) is 11.9. The molecule has 1 aliphatic carbocycles. The molecule has 20 heavy (non-hydrogen) atoms. The Morgan fingerprint density at radius 3 is 2.50 bits per heavy atom. The molecule has 0 radical (unpaired) electrons. The van der Waals surface area contributed by atoms with Gasteiger partial charge in [-0.05, 0) is 50.7 Å². The minimum Gasteiger partial charge on any atom is -0.480 e. The minimum absolute atomic E-state index is 0.263. The largest absolute Gasteiger partial charge is 0.480 e. The minimum atomic E-state index is -1.08. The summed E-state index contributed by atoms with van der Waals surface area (Å²) in [5.74, 6) is -0.586. The molecule has 110 valence electrons. The SMILES string of the molecule is CCC1CCC(NC(=O)c2ccc(C)s2)(C(=O)O)CC1. The molecule has 4 nitrogen and oxygen atoms in total. The lowest BCUT2D eigenvalue weighted by atomic mass is 9.75. The van der Waals surface area contributed by atoms with Crippen molar-refractivity contribution in [1.82, 2.24) is 5.32 Å². The molecule has 0 unspecified atom stereocenters. The van der Waals surface area contributed by atoms with E-state index in [9.17, 15) is 14.7 Å². The number of aryl methyl sites for hydroxylation is 1. The van der Waals surface area contributed by atoms with Crippen LogP contribution in [0.4, 0.5) is 0 Å². The maximum atomic E-state index is 12.2. The third kappa shape index (κ3) is 3.03. The molecule has 0 aromatic carbocycles. The number of nitrogens with one attached hydrogen (secondary N) is 1. The van der Waals surface area contributed by atoms with Crippen molar-refractivity contribution in [2.75, 3.05) is 0 Å². The molecule has 5 heteroatoms. The summed E-state index contributed by atoms with van der Waals surface area (Å²) in [7, 11) is 0. The van der Waals surface area contributed by atoms with Gasteiger partial charge in [0.1, 0.15) is 5.54 Å². The van der Waals surface area contributed by atoms with Gasteiger partial charge in [0.15, 0.2) is 0 Å². The molecular formula is C15H21NO3S. The van der Waals surface area contributed by atoms with E-state index >= 15 is 0 Å². The van der Waals surface area contributed by atoms with Gasteiger partial charge in [-0.15, -0.1) is 11.3 Å². The smallest absolute Gasteiger partial charge is 0.329 e. The second-order valence-electron chi connectivity index (χ2n) is 5.60. The number of aliphatic carboxylic acids is 1. The van der Waals surface area contributed by atoms with Crippen molar-refractivity contribution in [3.05, 3.63) is 21.9 Å². The van der Waals surface area contributed by atoms with Crippen molar-refractivity contribution in [3.63, 3.8) is 0 Å². The Labute approximate surface area is 123 Å². The van der Waals surface area contributed by atoms with Crippen molar-refractivity contribution in [3.8, 4) is 0 Å². The Bertz CT molecular complexity index is 501. The van der Waals surface area contributed by atoms with E-state index in [1.807, 2.05) is 13.0 Å². The standard InChI is InChI=1S/C15H21NO3S/c1-3-11-6-8-15(9-7-11,14(18)19)16-13(17)12-5-4-10(2)20-12/h4-5,11H,3,6-9H2,1-2H3,(H,16,17)(H,18,19). The van der Waals surface area contributed by atoms with E-state index in [0.717, 1.165) is 24.1 Å². The van der Waals surface area contributed by atoms with Gasteiger partial charge in [-0.2, -0.15) is 0 Å². The number of carbonyl (C=O) groups excluding carboxylic acids is 1. The molecule has 1 aromatic heterocycles. The lowest BCUT2D eigenvalue weighted by molar-refractivity contribution is -0.146. The number of carboxylic acids is 1. The second kappa shape index (κ2) is 5.95. The number of carbonyl (C=O) groups is 2. The van der Waals surface area contributed by atoms with Crippen LogP contribution in [0.15, 0.2) is 12.1 Å². The average molecular weight is 295 g/mol. The van der Waals surface area contributed by atoms with E-state index in [2.05, 4.69) is 12.2 Å². The van der Waals surface area contributed by atoms with E-state index in [1.54, 1.807) is 6.07 Å². The van der Waals surface area contributed by atoms with E-state index in [0.29, 0.717) is 23.6 Å². The first kappa shape index (κ1) is 15.0. The summed E-state index contributed by atoms with van der Waals surface area (Å²) in [6, 6.07) is 3.63. The molecule has 0 saturated heterocycles. The van der Waals surface area contributed by atoms with Gasteiger partial charge in [0, 0.05) is 4.88 Å². The third-order valence-corrected chi connectivity index (χ3v) is 5.26. The monoisotopic (exact) mass is 295 g/mol. The number of hydrogen-bond donors (Lipinski definition) is 2. The molecule has 1 fully saturated rings. The first-order chi connectivity index (χ1) is 9.47. The van der Waals surface area contributed by atoms with Gasteiger partial charge in [0.2, 0.25) is 0 Å². The Morgan fingerprint density at radius 2 is 2.05 bits per heavy atom. The van der Waals surface area contributed by atoms with Crippen LogP contribution in [0.1, 0.15) is 53.6 Å². The second-order valence-corrected chi connectivity index (χ2v) is 6.89. The molecule has 0 aliphatic heterocycles. The van der Waals surface area contributed by atoms with Crippen LogP contribution in [0.3, 0.4) is 0 Å². The molecule has 0 bridgehead atoms. The summed E-state index contributed by atoms with van der Waals surface area (Å²) in [5.41, 5.74) is -1.08. The number of amides is 1. The van der Waals surface area contributed by atoms with E-state index in [-0.39, 0.29) is 5.91 Å². The first-order valence-electron chi connectivity index (χ1n) is 7.09. The topological polar surface area (TPSA) is 66.4 Å². The number of hydrogen-bond acceptors (Lipinski definition) is 3. The Morgan fingerprint density at radius 1 is 1.40 bits per heavy atom. The van der Waals surface area contributed by atoms with E-state index < -0.39 is 11.5 Å². The molecular weight excluding hydrogens is 274 g/mol. The van der Waals surface area contributed by atoms with Gasteiger partial charge < -0.3 is 10.4 Å². The molecule has 1 saturated carbocycles. The molecule has 2 N–H and O–H groups in total. The van der Waals surface area contributed by atoms with Crippen LogP contribution in [0, 0.1) is 12.8 Å². The summed E-state index contributed by atoms with van der Waals surface area (Å²) in [6.07, 6.45) is 3.86. The van der Waals surface area contributed by atoms with Crippen LogP contribution in [0.5, 0.6) is 0 Å². The zero-order chi connectivity index (χ0) is 14.8. The van der Waals surface area contributed by atoms with Crippen molar-refractivity contribution >= 4 is 23.2 Å². The average Bonchev–Trinajstić information content (AvgIpc) is 2.86. The van der Waals surface area contributed by atoms with Crippen LogP contribution < -0.4 is 5.32 Å². The van der Waals surface area contributed by atoms with Gasteiger partial charge >= 0.3 is 5.97 Å². The highest BCUT2D eigenvalue weighted by atomic mass is 32.1. The van der Waals surface area contributed by atoms with Crippen molar-refractivity contribution < 1.29 is 14.7 Å². The van der Waals surface area contributed by atoms with Gasteiger partial charge in [-0.1, -0.05) is 13.3 Å². The maximum absolute atomic E-state index is 12.2. The molecule has 2 rings (SSSR count). The number of thiophene rings is 1. The summed E-state index contributed by atoms with van der Waals surface area (Å²) in [6.45, 7) is 4.06. The summed E-state index contributed by atoms with van der Waals surface area (Å²) >= 11 is 1.39. The molecule has 1 amide bonds. The van der Waals surface area contributed by atoms with Crippen LogP contribution in [-0.2, 0) is 4.79 Å². The summed E-state index contributed by atoms with van der Waals surface area (Å²) < 4.78 is 0. The lowest BCUT2D eigenvalue weighted by Crippen LogP contribution is -2.56. The van der Waals surface area contributed by atoms with Gasteiger partial charge in [-0.25, -0.2) is 4.79 Å². The maximum Gasteiger partial charge on any atom is 0.329 e. The van der Waals surface area contributed by atoms with Crippen LogP contribution in [-0.4, -0.2) is 22.5 Å². The van der Waals surface area contributed by atoms with Crippen molar-refractivity contribution in [1.29, 1.82) is 0 Å². The highest BCUT2D eigenvalue weighted by molar-refractivity contribution is 7.13. The number of rotatable bonds is 4. The van der Waals surface area contributed by atoms with Crippen molar-refractivity contribution in [2.24, 2.45) is 5.92 Å². The van der Waals surface area contributed by atoms with Crippen LogP contribution in [0.2, 0.25) is 0 Å². The molecule has 1 heterocycles. The van der Waals surface area contributed by atoms with Crippen LogP contribution in [0.25, 0.3) is 0 Å². The Balaban J connectivity index is 2.10. The lowest BCUT2D eigenvalue weighted by Gasteiger charge is -2.37. The predicted molar refractivity (Wildman–Crippen MR) is 79.1 cm³/mol. The quantitative estimate of drug-likeness (QED) is 0.896. The fraction of sp³-hybridized carbons (Fsp3) is 0.600. The summed E-state index contributed by atoms with van der Waals surface area (Å²) in [4.78, 5) is 25.5. The van der Waals surface area contributed by atoms with E-state index in [4.69, 9.17) is 0 Å². The van der Waals surface area contributed by atoms with Crippen molar-refractivity contribution in [2.45, 2.75) is 51.5 Å². The third-order valence-electron chi connectivity index (χ3n) is 4.26. The molecule has 1 aromatic rings. The zero-order valence-corrected chi connectivity index (χ0v) is 12.8. The highest BCUT2D eigenvalue weighted by Gasteiger charge is 2.43. The first-order valence-corrected chi connectivity index (χ1v) is 7.91. The normalized spacial score (nSPS) is 26.2. The fourth-order valence-electron chi connectivity index (χ4n) is 2.81. The van der Waals surface area contributed by atoms with E-state index in [1.165, 1.54) is 11.3 Å². The Hall–Kier alpha value is -1.36. The number of carboxylic acid groups (broad SMARTS) is 1. The predicted octanol–water partition coefficient (Wildman–Crippen LogP) is 3.21. The Kier molecular flexibility index (Phi) is 4.48. The summed E-state index contributed by atoms with van der Waals surface area (Å²) in [5, 5.41) is 12.3. The highest BCUT2D eigenvalue weighted by Crippen LogP contribution is 2.34. The fourth-order valence-corrected chi connectivity index (χ4v) is 3.57. The van der Waals surface area contributed by atoms with Gasteiger partial charge in [0.05, 0.1) is 4.88 Å². The van der Waals surface area contributed by atoms with Gasteiger partial charge in [-0.3, -0.25) is 4.79 Å². The van der Waals surface area contributed by atoms with Gasteiger partial charge in [0.25, 0.3) is 5.91 Å². The molecule has 0 atom stereocenters. The van der Waals surface area contributed by atoms with Crippen LogP contribution >= 0.6 is 11.3 Å².